The summed E-state index contributed by atoms with van der Waals surface area (Å²) < 4.78 is 10.4. The number of rotatable bonds is 5. The zero-order valence-electron chi connectivity index (χ0n) is 13.6. The van der Waals surface area contributed by atoms with Gasteiger partial charge < -0.3 is 14.8 Å². The van der Waals surface area contributed by atoms with E-state index in [1.165, 1.54) is 0 Å². The molecule has 0 aliphatic heterocycles. The van der Waals surface area contributed by atoms with E-state index in [1.54, 1.807) is 19.4 Å². The quantitative estimate of drug-likeness (QED) is 0.872. The molecule has 0 radical (unpaired) electrons. The van der Waals surface area contributed by atoms with Crippen LogP contribution in [0.2, 0.25) is 0 Å². The van der Waals surface area contributed by atoms with Gasteiger partial charge in [0.05, 0.1) is 18.0 Å². The predicted molar refractivity (Wildman–Crippen MR) is 83.6 cm³/mol. The number of ether oxygens (including phenoxy) is 2. The summed E-state index contributed by atoms with van der Waals surface area (Å²) in [6.45, 7) is 9.45. The van der Waals surface area contributed by atoms with Gasteiger partial charge >= 0.3 is 6.09 Å². The Bertz CT molecular complexity index is 454. The number of pyridine rings is 1. The molecule has 0 aromatic carbocycles. The van der Waals surface area contributed by atoms with Crippen LogP contribution in [0.3, 0.4) is 0 Å². The average Bonchev–Trinajstić information content (AvgIpc) is 2.37. The third-order valence-electron chi connectivity index (χ3n) is 2.86. The molecule has 0 saturated carbocycles. The number of carbonyl (C=O) groups excluding carboxylic acids is 1. The van der Waals surface area contributed by atoms with Gasteiger partial charge in [0.2, 0.25) is 0 Å². The van der Waals surface area contributed by atoms with E-state index in [0.29, 0.717) is 5.82 Å². The molecule has 1 amide bonds. The molecular weight excluding hydrogens is 270 g/mol. The van der Waals surface area contributed by atoms with Crippen molar-refractivity contribution in [3.05, 3.63) is 18.3 Å². The second kappa shape index (κ2) is 7.26. The Morgan fingerprint density at radius 1 is 1.29 bits per heavy atom. The van der Waals surface area contributed by atoms with Crippen molar-refractivity contribution >= 4 is 17.6 Å². The molecule has 2 atom stereocenters. The largest absolute Gasteiger partial charge is 0.444 e. The van der Waals surface area contributed by atoms with Crippen LogP contribution in [0.15, 0.2) is 18.3 Å². The van der Waals surface area contributed by atoms with E-state index in [1.807, 2.05) is 40.7 Å². The molecule has 0 fully saturated rings. The number of hydrogen-bond donors (Lipinski definition) is 2. The number of nitrogens with zero attached hydrogens (tertiary/aromatic N) is 1. The van der Waals surface area contributed by atoms with Crippen LogP contribution in [0, 0.1) is 0 Å². The second-order valence-electron chi connectivity index (χ2n) is 5.93. The highest BCUT2D eigenvalue weighted by Crippen LogP contribution is 2.14. The van der Waals surface area contributed by atoms with Gasteiger partial charge in [-0.1, -0.05) is 0 Å². The molecule has 1 aromatic heterocycles. The van der Waals surface area contributed by atoms with Gasteiger partial charge in [0, 0.05) is 13.2 Å². The zero-order chi connectivity index (χ0) is 16.0. The number of carbonyl (C=O) groups is 1. The first kappa shape index (κ1) is 17.2. The summed E-state index contributed by atoms with van der Waals surface area (Å²) >= 11 is 0. The Kier molecular flexibility index (Phi) is 5.96. The molecule has 118 valence electrons. The average molecular weight is 295 g/mol. The SMILES string of the molecule is COC(C)C(C)Nc1ccc(NC(=O)OC(C)(C)C)nc1. The Balaban J connectivity index is 2.56. The van der Waals surface area contributed by atoms with Gasteiger partial charge in [0.1, 0.15) is 11.4 Å². The van der Waals surface area contributed by atoms with Crippen molar-refractivity contribution in [2.75, 3.05) is 17.7 Å². The maximum Gasteiger partial charge on any atom is 0.413 e. The zero-order valence-corrected chi connectivity index (χ0v) is 13.6. The second-order valence-corrected chi connectivity index (χ2v) is 5.93. The van der Waals surface area contributed by atoms with Gasteiger partial charge in [-0.2, -0.15) is 0 Å². The molecule has 0 aliphatic carbocycles. The van der Waals surface area contributed by atoms with Crippen molar-refractivity contribution in [3.8, 4) is 0 Å². The van der Waals surface area contributed by atoms with Gasteiger partial charge in [0.25, 0.3) is 0 Å². The lowest BCUT2D eigenvalue weighted by atomic mass is 10.2. The molecule has 1 rings (SSSR count). The Labute approximate surface area is 126 Å². The lowest BCUT2D eigenvalue weighted by Gasteiger charge is -2.21. The fraction of sp³-hybridized carbons (Fsp3) is 0.600. The van der Waals surface area contributed by atoms with Crippen molar-refractivity contribution in [1.82, 2.24) is 4.98 Å². The van der Waals surface area contributed by atoms with Gasteiger partial charge in [-0.05, 0) is 46.8 Å². The van der Waals surface area contributed by atoms with Crippen molar-refractivity contribution in [2.24, 2.45) is 0 Å². The smallest absolute Gasteiger partial charge is 0.413 e. The first-order chi connectivity index (χ1) is 9.71. The van der Waals surface area contributed by atoms with Crippen molar-refractivity contribution < 1.29 is 14.3 Å². The molecule has 1 heterocycles. The third-order valence-corrected chi connectivity index (χ3v) is 2.86. The van der Waals surface area contributed by atoms with E-state index in [4.69, 9.17) is 9.47 Å². The van der Waals surface area contributed by atoms with E-state index < -0.39 is 11.7 Å². The minimum atomic E-state index is -0.530. The van der Waals surface area contributed by atoms with Crippen LogP contribution in [0.4, 0.5) is 16.3 Å². The van der Waals surface area contributed by atoms with Crippen LogP contribution in [0.1, 0.15) is 34.6 Å². The minimum Gasteiger partial charge on any atom is -0.444 e. The molecule has 1 aromatic rings. The highest BCUT2D eigenvalue weighted by atomic mass is 16.6. The molecule has 2 N–H and O–H groups in total. The van der Waals surface area contributed by atoms with Crippen LogP contribution < -0.4 is 10.6 Å². The van der Waals surface area contributed by atoms with Gasteiger partial charge in [-0.15, -0.1) is 0 Å². The Morgan fingerprint density at radius 3 is 2.43 bits per heavy atom. The fourth-order valence-electron chi connectivity index (χ4n) is 1.55. The first-order valence-corrected chi connectivity index (χ1v) is 6.96. The monoisotopic (exact) mass is 295 g/mol. The molecule has 2 unspecified atom stereocenters. The molecule has 0 aliphatic rings. The maximum absolute atomic E-state index is 11.6. The van der Waals surface area contributed by atoms with Gasteiger partial charge in [-0.3, -0.25) is 5.32 Å². The topological polar surface area (TPSA) is 72.5 Å². The summed E-state index contributed by atoms with van der Waals surface area (Å²) in [5.74, 6) is 0.447. The van der Waals surface area contributed by atoms with Gasteiger partial charge in [0.15, 0.2) is 0 Å². The molecule has 0 bridgehead atoms. The van der Waals surface area contributed by atoms with Crippen LogP contribution in [-0.2, 0) is 9.47 Å². The summed E-state index contributed by atoms with van der Waals surface area (Å²) in [4.78, 5) is 15.8. The Morgan fingerprint density at radius 2 is 1.95 bits per heavy atom. The molecule has 0 saturated heterocycles. The maximum atomic E-state index is 11.6. The van der Waals surface area contributed by atoms with E-state index in [9.17, 15) is 4.79 Å². The number of nitrogens with one attached hydrogen (secondary N) is 2. The lowest BCUT2D eigenvalue weighted by Crippen LogP contribution is -2.29. The van der Waals surface area contributed by atoms with E-state index in [2.05, 4.69) is 15.6 Å². The van der Waals surface area contributed by atoms with Crippen molar-refractivity contribution in [2.45, 2.75) is 52.4 Å². The molecule has 0 spiro atoms. The number of amides is 1. The van der Waals surface area contributed by atoms with E-state index in [-0.39, 0.29) is 12.1 Å². The summed E-state index contributed by atoms with van der Waals surface area (Å²) in [7, 11) is 1.68. The first-order valence-electron chi connectivity index (χ1n) is 6.96. The number of anilines is 2. The third kappa shape index (κ3) is 6.44. The number of methoxy groups -OCH3 is 1. The predicted octanol–water partition coefficient (Wildman–Crippen LogP) is 3.26. The molecular formula is C15H25N3O3. The van der Waals surface area contributed by atoms with Crippen molar-refractivity contribution in [3.63, 3.8) is 0 Å². The highest BCUT2D eigenvalue weighted by molar-refractivity contribution is 5.83. The fourth-order valence-corrected chi connectivity index (χ4v) is 1.55. The molecule has 21 heavy (non-hydrogen) atoms. The minimum absolute atomic E-state index is 0.0876. The summed E-state index contributed by atoms with van der Waals surface area (Å²) in [6.07, 6.45) is 1.23. The van der Waals surface area contributed by atoms with Crippen molar-refractivity contribution in [1.29, 1.82) is 0 Å². The summed E-state index contributed by atoms with van der Waals surface area (Å²) in [5.41, 5.74) is 0.332. The summed E-state index contributed by atoms with van der Waals surface area (Å²) in [5, 5.41) is 5.87. The Hall–Kier alpha value is -1.82. The standard InChI is InChI=1S/C15H25N3O3/c1-10(11(2)20-6)17-12-7-8-13(16-9-12)18-14(19)21-15(3,4)5/h7-11,17H,1-6H3,(H,16,18,19). The van der Waals surface area contributed by atoms with E-state index >= 15 is 0 Å². The van der Waals surface area contributed by atoms with Crippen LogP contribution in [-0.4, -0.2) is 35.9 Å². The van der Waals surface area contributed by atoms with Gasteiger partial charge in [-0.25, -0.2) is 9.78 Å². The van der Waals surface area contributed by atoms with Crippen LogP contribution >= 0.6 is 0 Å². The number of aromatic nitrogens is 1. The number of hydrogen-bond acceptors (Lipinski definition) is 5. The molecule has 6 heteroatoms. The van der Waals surface area contributed by atoms with Crippen LogP contribution in [0.5, 0.6) is 0 Å². The summed E-state index contributed by atoms with van der Waals surface area (Å²) in [6, 6.07) is 3.72. The highest BCUT2D eigenvalue weighted by Gasteiger charge is 2.16. The van der Waals surface area contributed by atoms with Crippen LogP contribution in [0.25, 0.3) is 0 Å². The molecule has 6 nitrogen and oxygen atoms in total. The van der Waals surface area contributed by atoms with E-state index in [0.717, 1.165) is 5.69 Å². The normalized spacial score (nSPS) is 14.2. The lowest BCUT2D eigenvalue weighted by molar-refractivity contribution is 0.0635.